The largest absolute Gasteiger partial charge is 0.496 e. The van der Waals surface area contributed by atoms with Crippen LogP contribution in [0.1, 0.15) is 28.2 Å². The van der Waals surface area contributed by atoms with Gasteiger partial charge in [-0.2, -0.15) is 0 Å². The quantitative estimate of drug-likeness (QED) is 0.448. The van der Waals surface area contributed by atoms with Gasteiger partial charge in [0.15, 0.2) is 0 Å². The molecule has 0 radical (unpaired) electrons. The number of hydrogen-bond donors (Lipinski definition) is 2. The number of aliphatic carboxylic acids is 1. The monoisotopic (exact) mass is 455 g/mol. The zero-order valence-corrected chi connectivity index (χ0v) is 18.7. The van der Waals surface area contributed by atoms with Gasteiger partial charge in [-0.05, 0) is 46.0 Å². The van der Waals surface area contributed by atoms with E-state index in [1.807, 2.05) is 42.5 Å². The fourth-order valence-corrected chi connectivity index (χ4v) is 4.13. The minimum atomic E-state index is -1.03. The zero-order chi connectivity index (χ0) is 23.9. The lowest BCUT2D eigenvalue weighted by atomic mass is 9.98. The van der Waals surface area contributed by atoms with Crippen molar-refractivity contribution < 1.29 is 24.2 Å². The van der Waals surface area contributed by atoms with Gasteiger partial charge in [0.2, 0.25) is 0 Å². The molecule has 0 atom stereocenters. The average molecular weight is 456 g/mol. The zero-order valence-electron chi connectivity index (χ0n) is 18.7. The summed E-state index contributed by atoms with van der Waals surface area (Å²) in [5, 5.41) is 11.6. The molecule has 0 unspecified atom stereocenters. The number of methoxy groups -OCH3 is 1. The number of ether oxygens (including phenoxy) is 2. The summed E-state index contributed by atoms with van der Waals surface area (Å²) >= 11 is 0. The van der Waals surface area contributed by atoms with E-state index in [0.717, 1.165) is 11.6 Å². The maximum absolute atomic E-state index is 12.3. The van der Waals surface area contributed by atoms with E-state index in [0.29, 0.717) is 17.9 Å². The molecule has 1 aliphatic rings. The molecule has 0 fully saturated rings. The molecule has 3 aromatic carbocycles. The first-order valence-corrected chi connectivity index (χ1v) is 10.9. The summed E-state index contributed by atoms with van der Waals surface area (Å²) in [5.74, 6) is -0.438. The summed E-state index contributed by atoms with van der Waals surface area (Å²) in [6.07, 6.45) is 5.69. The molecule has 1 amide bonds. The van der Waals surface area contributed by atoms with Crippen molar-refractivity contribution in [1.82, 2.24) is 5.32 Å². The number of alkyl carbamates (subject to hydrolysis) is 1. The van der Waals surface area contributed by atoms with Crippen molar-refractivity contribution in [3.05, 3.63) is 101 Å². The molecular weight excluding hydrogens is 430 g/mol. The van der Waals surface area contributed by atoms with Crippen LogP contribution in [0, 0.1) is 0 Å². The Balaban J connectivity index is 1.32. The van der Waals surface area contributed by atoms with Crippen molar-refractivity contribution in [1.29, 1.82) is 0 Å². The van der Waals surface area contributed by atoms with Gasteiger partial charge in [-0.1, -0.05) is 66.7 Å². The first-order valence-electron chi connectivity index (χ1n) is 10.9. The molecule has 0 saturated heterocycles. The van der Waals surface area contributed by atoms with Crippen LogP contribution in [-0.4, -0.2) is 37.4 Å². The van der Waals surface area contributed by atoms with Crippen LogP contribution in [0.4, 0.5) is 4.79 Å². The Morgan fingerprint density at radius 3 is 2.29 bits per heavy atom. The Hall–Kier alpha value is -4.32. The predicted molar refractivity (Wildman–Crippen MR) is 132 cm³/mol. The van der Waals surface area contributed by atoms with Crippen LogP contribution in [-0.2, 0) is 9.53 Å². The molecule has 0 aromatic heterocycles. The van der Waals surface area contributed by atoms with E-state index in [-0.39, 0.29) is 12.5 Å². The Kier molecular flexibility index (Phi) is 7.08. The second-order valence-corrected chi connectivity index (χ2v) is 7.78. The maximum Gasteiger partial charge on any atom is 0.407 e. The Labute approximate surface area is 198 Å². The minimum absolute atomic E-state index is 0.0188. The van der Waals surface area contributed by atoms with Gasteiger partial charge in [-0.25, -0.2) is 9.59 Å². The van der Waals surface area contributed by atoms with E-state index in [2.05, 4.69) is 29.6 Å². The normalized spacial score (nSPS) is 12.5. The second kappa shape index (κ2) is 10.5. The third-order valence-electron chi connectivity index (χ3n) is 5.68. The first kappa shape index (κ1) is 22.9. The van der Waals surface area contributed by atoms with Gasteiger partial charge in [-0.15, -0.1) is 0 Å². The topological polar surface area (TPSA) is 84.9 Å². The lowest BCUT2D eigenvalue weighted by Gasteiger charge is -2.14. The second-order valence-electron chi connectivity index (χ2n) is 7.78. The molecular formula is C28H25NO5. The van der Waals surface area contributed by atoms with E-state index >= 15 is 0 Å². The van der Waals surface area contributed by atoms with Crippen LogP contribution in [0.3, 0.4) is 0 Å². The molecule has 1 aliphatic carbocycles. The molecule has 2 N–H and O–H groups in total. The Bertz CT molecular complexity index is 1220. The van der Waals surface area contributed by atoms with Crippen LogP contribution < -0.4 is 10.1 Å². The van der Waals surface area contributed by atoms with Crippen LogP contribution in [0.25, 0.3) is 23.3 Å². The predicted octanol–water partition coefficient (Wildman–Crippen LogP) is 5.34. The number of carbonyl (C=O) groups is 2. The summed E-state index contributed by atoms with van der Waals surface area (Å²) in [7, 11) is 1.53. The van der Waals surface area contributed by atoms with Gasteiger partial charge in [0.05, 0.1) is 7.11 Å². The molecule has 34 heavy (non-hydrogen) atoms. The number of nitrogens with one attached hydrogen (secondary N) is 1. The number of carboxylic acids is 1. The first-order chi connectivity index (χ1) is 16.6. The van der Waals surface area contributed by atoms with Gasteiger partial charge in [0.1, 0.15) is 12.4 Å². The summed E-state index contributed by atoms with van der Waals surface area (Å²) in [4.78, 5) is 23.1. The molecule has 172 valence electrons. The molecule has 0 saturated carbocycles. The van der Waals surface area contributed by atoms with E-state index in [1.165, 1.54) is 35.4 Å². The maximum atomic E-state index is 12.3. The van der Waals surface area contributed by atoms with E-state index < -0.39 is 12.1 Å². The van der Waals surface area contributed by atoms with Gasteiger partial charge >= 0.3 is 12.1 Å². The summed E-state index contributed by atoms with van der Waals surface area (Å²) < 4.78 is 10.8. The van der Waals surface area contributed by atoms with Crippen LogP contribution in [0.15, 0.2) is 78.9 Å². The summed E-state index contributed by atoms with van der Waals surface area (Å²) in [5.41, 5.74) is 6.21. The standard InChI is InChI=1S/C28H25NO5/c1-33-26-14-12-19(17-20(26)13-15-27(30)31)7-6-16-29-28(32)34-18-25-23-10-4-2-8-21(23)22-9-3-5-11-24(22)25/h2-15,17,25H,16,18H2,1H3,(H,29,32)(H,30,31)/b7-6?,15-13+. The molecule has 0 heterocycles. The summed E-state index contributed by atoms with van der Waals surface area (Å²) in [6.45, 7) is 0.560. The number of amides is 1. The lowest BCUT2D eigenvalue weighted by molar-refractivity contribution is -0.131. The van der Waals surface area contributed by atoms with Crippen molar-refractivity contribution in [2.45, 2.75) is 5.92 Å². The van der Waals surface area contributed by atoms with Gasteiger partial charge in [0.25, 0.3) is 0 Å². The van der Waals surface area contributed by atoms with Crippen molar-refractivity contribution in [2.24, 2.45) is 0 Å². The number of carbonyl (C=O) groups excluding carboxylic acids is 1. The fraction of sp³-hybridized carbons (Fsp3) is 0.143. The van der Waals surface area contributed by atoms with Crippen molar-refractivity contribution in [2.75, 3.05) is 20.3 Å². The Morgan fingerprint density at radius 2 is 1.65 bits per heavy atom. The van der Waals surface area contributed by atoms with Gasteiger partial charge < -0.3 is 19.9 Å². The highest BCUT2D eigenvalue weighted by atomic mass is 16.5. The number of fused-ring (bicyclic) bond motifs is 3. The van der Waals surface area contributed by atoms with E-state index in [4.69, 9.17) is 14.6 Å². The van der Waals surface area contributed by atoms with Crippen molar-refractivity contribution in [3.8, 4) is 16.9 Å². The lowest BCUT2D eigenvalue weighted by Crippen LogP contribution is -2.26. The molecule has 4 rings (SSSR count). The highest BCUT2D eigenvalue weighted by molar-refractivity contribution is 5.86. The summed E-state index contributed by atoms with van der Waals surface area (Å²) in [6, 6.07) is 21.8. The van der Waals surface area contributed by atoms with Crippen molar-refractivity contribution >= 4 is 24.2 Å². The SMILES string of the molecule is COc1ccc(C=CCNC(=O)OCC2c3ccccc3-c3ccccc32)cc1/C=C/C(=O)O. The van der Waals surface area contributed by atoms with Gasteiger partial charge in [0, 0.05) is 24.1 Å². The molecule has 6 heteroatoms. The molecule has 0 spiro atoms. The van der Waals surface area contributed by atoms with Gasteiger partial charge in [-0.3, -0.25) is 0 Å². The molecule has 3 aromatic rings. The third kappa shape index (κ3) is 5.18. The molecule has 0 bridgehead atoms. The third-order valence-corrected chi connectivity index (χ3v) is 5.68. The molecule has 6 nitrogen and oxygen atoms in total. The van der Waals surface area contributed by atoms with Crippen LogP contribution in [0.5, 0.6) is 5.75 Å². The number of benzene rings is 3. The van der Waals surface area contributed by atoms with Crippen LogP contribution in [0.2, 0.25) is 0 Å². The minimum Gasteiger partial charge on any atom is -0.496 e. The van der Waals surface area contributed by atoms with Crippen LogP contribution >= 0.6 is 0 Å². The smallest absolute Gasteiger partial charge is 0.407 e. The highest BCUT2D eigenvalue weighted by Gasteiger charge is 2.28. The Morgan fingerprint density at radius 1 is 0.971 bits per heavy atom. The van der Waals surface area contributed by atoms with Crippen molar-refractivity contribution in [3.63, 3.8) is 0 Å². The van der Waals surface area contributed by atoms with E-state index in [9.17, 15) is 9.59 Å². The fourth-order valence-electron chi connectivity index (χ4n) is 4.13. The number of rotatable bonds is 8. The van der Waals surface area contributed by atoms with E-state index in [1.54, 1.807) is 12.1 Å². The average Bonchev–Trinajstić information content (AvgIpc) is 3.18. The number of hydrogen-bond acceptors (Lipinski definition) is 4. The highest BCUT2D eigenvalue weighted by Crippen LogP contribution is 2.44. The number of carboxylic acid groups (broad SMARTS) is 1. The molecule has 0 aliphatic heterocycles.